The fourth-order valence-corrected chi connectivity index (χ4v) is 1.33. The molecule has 0 unspecified atom stereocenters. The van der Waals surface area contributed by atoms with Crippen LogP contribution >= 0.6 is 12.6 Å². The topological polar surface area (TPSA) is 75.2 Å². The molecule has 0 aromatic rings. The van der Waals surface area contributed by atoms with Crippen LogP contribution in [0.25, 0.3) is 0 Å². The van der Waals surface area contributed by atoms with Gasteiger partial charge in [-0.05, 0) is 0 Å². The Hall–Kier alpha value is -0.380. The molecule has 0 spiro atoms. The molecule has 1 N–H and O–H groups in total. The minimum absolute atomic E-state index is 0.0958. The number of carbonyl (C=O) groups excluding carboxylic acids is 1. The average Bonchev–Trinajstić information content (AvgIpc) is 2.50. The van der Waals surface area contributed by atoms with E-state index in [4.69, 9.17) is 23.7 Å². The van der Waals surface area contributed by atoms with Crippen molar-refractivity contribution in [1.29, 1.82) is 0 Å². The van der Waals surface area contributed by atoms with Gasteiger partial charge in [-0.15, -0.1) is 0 Å². The van der Waals surface area contributed by atoms with Crippen LogP contribution in [-0.4, -0.2) is 84.8 Å². The van der Waals surface area contributed by atoms with Crippen molar-refractivity contribution in [3.8, 4) is 0 Å². The summed E-state index contributed by atoms with van der Waals surface area (Å²) in [4.78, 5) is 10.8. The second kappa shape index (κ2) is 17.7. The number of methoxy groups -OCH3 is 1. The van der Waals surface area contributed by atoms with Gasteiger partial charge in [0.05, 0.1) is 65.2 Å². The molecule has 0 saturated heterocycles. The maximum atomic E-state index is 10.8. The van der Waals surface area contributed by atoms with E-state index in [1.54, 1.807) is 7.11 Å². The summed E-state index contributed by atoms with van der Waals surface area (Å²) in [5.41, 5.74) is 0. The van der Waals surface area contributed by atoms with E-state index in [1.807, 2.05) is 0 Å². The van der Waals surface area contributed by atoms with Crippen LogP contribution in [-0.2, 0) is 28.5 Å². The van der Waals surface area contributed by atoms with Gasteiger partial charge in [0.25, 0.3) is 0 Å². The van der Waals surface area contributed by atoms with Gasteiger partial charge in [-0.3, -0.25) is 4.79 Å². The summed E-state index contributed by atoms with van der Waals surface area (Å²) >= 11 is 3.84. The number of nitrogens with one attached hydrogen (secondary N) is 1. The fraction of sp³-hybridized carbons (Fsp3) is 0.923. The molecule has 0 bridgehead atoms. The molecule has 0 aliphatic carbocycles. The zero-order chi connectivity index (χ0) is 15.6. The van der Waals surface area contributed by atoms with E-state index < -0.39 is 0 Å². The van der Waals surface area contributed by atoms with E-state index >= 15 is 0 Å². The highest BCUT2D eigenvalue weighted by Crippen LogP contribution is 1.83. The molecule has 21 heavy (non-hydrogen) atoms. The van der Waals surface area contributed by atoms with Crippen molar-refractivity contribution in [2.24, 2.45) is 0 Å². The van der Waals surface area contributed by atoms with Crippen LogP contribution in [0.3, 0.4) is 0 Å². The third-order valence-electron chi connectivity index (χ3n) is 2.26. The number of thiol groups is 1. The predicted octanol–water partition coefficient (Wildman–Crippen LogP) is -0.255. The summed E-state index contributed by atoms with van der Waals surface area (Å²) in [6.45, 7) is 5.32. The van der Waals surface area contributed by atoms with Gasteiger partial charge in [-0.1, -0.05) is 0 Å². The second-order valence-corrected chi connectivity index (χ2v) is 4.27. The highest BCUT2D eigenvalue weighted by atomic mass is 32.1. The standard InChI is InChI=1S/C13H27NO6S/c1-16-4-5-18-8-9-20-11-10-19-7-6-17-3-2-14-13(15)12-21/h21H,2-12H2,1H3,(H,14,15). The van der Waals surface area contributed by atoms with Crippen LogP contribution in [0.5, 0.6) is 0 Å². The monoisotopic (exact) mass is 325 g/mol. The van der Waals surface area contributed by atoms with Crippen LogP contribution in [0.4, 0.5) is 0 Å². The molecule has 0 aromatic heterocycles. The molecule has 0 aliphatic heterocycles. The minimum Gasteiger partial charge on any atom is -0.382 e. The van der Waals surface area contributed by atoms with Crippen molar-refractivity contribution in [1.82, 2.24) is 5.32 Å². The summed E-state index contributed by atoms with van der Waals surface area (Å²) < 4.78 is 26.0. The largest absolute Gasteiger partial charge is 0.382 e. The zero-order valence-corrected chi connectivity index (χ0v) is 13.6. The molecule has 126 valence electrons. The minimum atomic E-state index is -0.0958. The molecule has 0 saturated carbocycles. The second-order valence-electron chi connectivity index (χ2n) is 3.95. The highest BCUT2D eigenvalue weighted by Gasteiger charge is 1.96. The van der Waals surface area contributed by atoms with Gasteiger partial charge in [-0.2, -0.15) is 12.6 Å². The summed E-state index contributed by atoms with van der Waals surface area (Å²) in [6, 6.07) is 0. The first kappa shape index (κ1) is 20.6. The summed E-state index contributed by atoms with van der Waals surface area (Å²) in [6.07, 6.45) is 0. The van der Waals surface area contributed by atoms with E-state index in [1.165, 1.54) is 0 Å². The van der Waals surface area contributed by atoms with Crippen molar-refractivity contribution in [2.45, 2.75) is 0 Å². The van der Waals surface area contributed by atoms with E-state index in [9.17, 15) is 4.79 Å². The third kappa shape index (κ3) is 17.6. The zero-order valence-electron chi connectivity index (χ0n) is 12.7. The molecule has 0 aromatic carbocycles. The first-order valence-corrected chi connectivity index (χ1v) is 7.62. The van der Waals surface area contributed by atoms with Crippen molar-refractivity contribution in [3.05, 3.63) is 0 Å². The molecule has 8 heteroatoms. The van der Waals surface area contributed by atoms with Gasteiger partial charge < -0.3 is 29.0 Å². The maximum Gasteiger partial charge on any atom is 0.229 e. The van der Waals surface area contributed by atoms with Crippen LogP contribution in [0, 0.1) is 0 Å². The van der Waals surface area contributed by atoms with Gasteiger partial charge in [0.1, 0.15) is 0 Å². The van der Waals surface area contributed by atoms with Crippen LogP contribution in [0.1, 0.15) is 0 Å². The number of carbonyl (C=O) groups is 1. The van der Waals surface area contributed by atoms with Crippen molar-refractivity contribution in [3.63, 3.8) is 0 Å². The van der Waals surface area contributed by atoms with Crippen LogP contribution in [0.2, 0.25) is 0 Å². The highest BCUT2D eigenvalue weighted by molar-refractivity contribution is 7.81. The predicted molar refractivity (Wildman–Crippen MR) is 82.0 cm³/mol. The van der Waals surface area contributed by atoms with Gasteiger partial charge in [0.15, 0.2) is 0 Å². The Morgan fingerprint density at radius 1 is 0.810 bits per heavy atom. The molecule has 0 radical (unpaired) electrons. The van der Waals surface area contributed by atoms with Gasteiger partial charge in [0.2, 0.25) is 5.91 Å². The first-order valence-electron chi connectivity index (χ1n) is 6.98. The molecule has 1 amide bonds. The van der Waals surface area contributed by atoms with Crippen molar-refractivity contribution in [2.75, 3.05) is 78.9 Å². The fourth-order valence-electron chi connectivity index (χ4n) is 1.22. The average molecular weight is 325 g/mol. The Bertz CT molecular complexity index is 233. The van der Waals surface area contributed by atoms with Gasteiger partial charge >= 0.3 is 0 Å². The number of hydrogen-bond donors (Lipinski definition) is 2. The third-order valence-corrected chi connectivity index (χ3v) is 2.55. The summed E-state index contributed by atoms with van der Waals surface area (Å²) in [5, 5.41) is 2.65. The Morgan fingerprint density at radius 2 is 1.24 bits per heavy atom. The lowest BCUT2D eigenvalue weighted by Crippen LogP contribution is -2.28. The van der Waals surface area contributed by atoms with Gasteiger partial charge in [-0.25, -0.2) is 0 Å². The number of rotatable bonds is 16. The number of amides is 1. The smallest absolute Gasteiger partial charge is 0.229 e. The molecular formula is C13H27NO6S. The Kier molecular flexibility index (Phi) is 17.4. The lowest BCUT2D eigenvalue weighted by molar-refractivity contribution is -0.118. The molecule has 0 rings (SSSR count). The van der Waals surface area contributed by atoms with Crippen LogP contribution in [0.15, 0.2) is 0 Å². The first-order chi connectivity index (χ1) is 10.3. The molecular weight excluding hydrogens is 298 g/mol. The summed E-state index contributed by atoms with van der Waals surface area (Å²) in [7, 11) is 1.64. The lowest BCUT2D eigenvalue weighted by atomic mass is 10.6. The van der Waals surface area contributed by atoms with Crippen molar-refractivity contribution < 1.29 is 28.5 Å². The van der Waals surface area contributed by atoms with E-state index in [2.05, 4.69) is 17.9 Å². The Balaban J connectivity index is 2.98. The Morgan fingerprint density at radius 3 is 1.67 bits per heavy atom. The number of hydrogen-bond acceptors (Lipinski definition) is 7. The molecule has 0 heterocycles. The van der Waals surface area contributed by atoms with E-state index in [0.717, 1.165) is 0 Å². The van der Waals surface area contributed by atoms with Crippen molar-refractivity contribution >= 4 is 18.5 Å². The van der Waals surface area contributed by atoms with Gasteiger partial charge in [0, 0.05) is 13.7 Å². The Labute approximate surface area is 132 Å². The molecule has 0 fully saturated rings. The summed E-state index contributed by atoms with van der Waals surface area (Å²) in [5.74, 6) is 0.0992. The number of ether oxygens (including phenoxy) is 5. The normalized spacial score (nSPS) is 10.8. The maximum absolute atomic E-state index is 10.8. The quantitative estimate of drug-likeness (QED) is 0.301. The SMILES string of the molecule is COCCOCCOCCOCCOCCNC(=O)CS. The van der Waals surface area contributed by atoms with E-state index in [0.29, 0.717) is 66.0 Å². The molecule has 0 aliphatic rings. The molecule has 7 nitrogen and oxygen atoms in total. The van der Waals surface area contributed by atoms with E-state index in [-0.39, 0.29) is 11.7 Å². The van der Waals surface area contributed by atoms with Crippen LogP contribution < -0.4 is 5.32 Å². The lowest BCUT2D eigenvalue weighted by Gasteiger charge is -2.07. The molecule has 0 atom stereocenters.